The van der Waals surface area contributed by atoms with Crippen molar-refractivity contribution in [2.45, 2.75) is 189 Å². The summed E-state index contributed by atoms with van der Waals surface area (Å²) in [5.74, 6) is -3.55. The molecule has 82 heavy (non-hydrogen) atoms. The van der Waals surface area contributed by atoms with Crippen molar-refractivity contribution in [1.29, 1.82) is 0 Å². The number of rotatable bonds is 34. The minimum atomic E-state index is -1.46. The lowest BCUT2D eigenvalue weighted by molar-refractivity contribution is -0.171. The third-order valence-electron chi connectivity index (χ3n) is 15.9. The first kappa shape index (κ1) is 70.8. The highest BCUT2D eigenvalue weighted by molar-refractivity contribution is 5.91. The topological polar surface area (TPSA) is 284 Å². The molecule has 0 bridgehead atoms. The molecule has 1 aromatic rings. The van der Waals surface area contributed by atoms with Gasteiger partial charge in [0.05, 0.1) is 43.4 Å². The number of likely N-dealkylation sites (N-methyl/N-ethyl adjacent to an activating group) is 2. The van der Waals surface area contributed by atoms with Gasteiger partial charge in [0.2, 0.25) is 35.4 Å². The fourth-order valence-electron chi connectivity index (χ4n) is 11.5. The van der Waals surface area contributed by atoms with E-state index >= 15 is 0 Å². The fraction of sp³-hybridized carbons (Fsp3) is 0.767. The van der Waals surface area contributed by atoms with Crippen molar-refractivity contribution in [3.05, 3.63) is 35.9 Å². The monoisotopic (exact) mass is 1160 g/mol. The molecule has 466 valence electrons. The molecule has 22 nitrogen and oxygen atoms in total. The minimum absolute atomic E-state index is 0.0232. The van der Waals surface area contributed by atoms with E-state index in [0.29, 0.717) is 31.7 Å². The highest BCUT2D eigenvalue weighted by atomic mass is 16.6. The van der Waals surface area contributed by atoms with Crippen LogP contribution < -0.4 is 26.6 Å². The zero-order chi connectivity index (χ0) is 61.8. The van der Waals surface area contributed by atoms with Gasteiger partial charge in [-0.15, -0.1) is 0 Å². The van der Waals surface area contributed by atoms with Crippen LogP contribution >= 0.6 is 0 Å². The number of carbonyl (C=O) groups excluding carboxylic acids is 8. The normalized spacial score (nSPS) is 20.7. The summed E-state index contributed by atoms with van der Waals surface area (Å²) in [5.41, 5.74) is 0.396. The first-order valence-electron chi connectivity index (χ1n) is 29.4. The molecule has 0 spiro atoms. The SMILES string of the molecule is CO[C@H]([C@@H](C)C(=O)N[C@@H](Cc1ccccc1)C(=O)NCCCOC(=O)[C@H](C)NC(=O)CCNC(=O)OCC(O)OC(CO)CC(C)(C)C)[C@@H]1CCCN1C(=O)C[C@@H](C)[C@@H](N(C)C(=O)C(NC(=O)[C@H](C(C)C)N(C)C)C(C)C)[C@@]1(C)CC1C. The molecule has 3 rings (SSSR count). The molecule has 1 saturated heterocycles. The number of nitrogens with zero attached hydrogens (tertiary/aromatic N) is 3. The first-order chi connectivity index (χ1) is 38.4. The zero-order valence-electron chi connectivity index (χ0n) is 52.0. The number of hydrogen-bond acceptors (Lipinski definition) is 15. The van der Waals surface area contributed by atoms with Gasteiger partial charge in [0, 0.05) is 59.1 Å². The van der Waals surface area contributed by atoms with Crippen molar-refractivity contribution in [3.8, 4) is 0 Å². The molecule has 1 aliphatic carbocycles. The maximum absolute atomic E-state index is 14.5. The Labute approximate surface area is 487 Å². The van der Waals surface area contributed by atoms with Gasteiger partial charge in [0.1, 0.15) is 24.7 Å². The van der Waals surface area contributed by atoms with Crippen LogP contribution in [0.4, 0.5) is 4.79 Å². The van der Waals surface area contributed by atoms with Crippen molar-refractivity contribution < 1.29 is 67.5 Å². The largest absolute Gasteiger partial charge is 0.464 e. The lowest BCUT2D eigenvalue weighted by Gasteiger charge is -2.41. The fourth-order valence-corrected chi connectivity index (χ4v) is 11.5. The van der Waals surface area contributed by atoms with Crippen LogP contribution in [0.15, 0.2) is 30.3 Å². The van der Waals surface area contributed by atoms with Gasteiger partial charge in [-0.3, -0.25) is 33.7 Å². The second-order valence-corrected chi connectivity index (χ2v) is 25.1. The Bertz CT molecular complexity index is 2220. The molecule has 1 heterocycles. The Morgan fingerprint density at radius 3 is 2.06 bits per heavy atom. The second-order valence-electron chi connectivity index (χ2n) is 25.1. The number of amides is 7. The number of ether oxygens (including phenoxy) is 4. The van der Waals surface area contributed by atoms with Crippen LogP contribution in [0.25, 0.3) is 0 Å². The van der Waals surface area contributed by atoms with E-state index in [0.717, 1.165) is 12.0 Å². The number of methoxy groups -OCH3 is 1. The zero-order valence-corrected chi connectivity index (χ0v) is 52.0. The van der Waals surface area contributed by atoms with Gasteiger partial charge in [-0.25, -0.2) is 9.59 Å². The lowest BCUT2D eigenvalue weighted by Crippen LogP contribution is -2.59. The third kappa shape index (κ3) is 22.0. The number of likely N-dealkylation sites (tertiary alicyclic amines) is 1. The molecule has 1 aromatic carbocycles. The van der Waals surface area contributed by atoms with Gasteiger partial charge in [-0.05, 0) is 93.2 Å². The Morgan fingerprint density at radius 1 is 0.854 bits per heavy atom. The smallest absolute Gasteiger partial charge is 0.407 e. The van der Waals surface area contributed by atoms with Crippen molar-refractivity contribution in [1.82, 2.24) is 41.3 Å². The summed E-state index contributed by atoms with van der Waals surface area (Å²) in [6.07, 6.45) is -0.714. The quantitative estimate of drug-likeness (QED) is 0.0294. The lowest BCUT2D eigenvalue weighted by atomic mass is 9.82. The molecule has 1 saturated carbocycles. The van der Waals surface area contributed by atoms with Gasteiger partial charge in [-0.2, -0.15) is 0 Å². The van der Waals surface area contributed by atoms with Gasteiger partial charge in [0.15, 0.2) is 6.29 Å². The summed E-state index contributed by atoms with van der Waals surface area (Å²) in [6.45, 7) is 22.7. The molecule has 7 amide bonds. The van der Waals surface area contributed by atoms with Crippen LogP contribution in [0.2, 0.25) is 0 Å². The maximum atomic E-state index is 14.5. The number of aliphatic hydroxyl groups is 2. The van der Waals surface area contributed by atoms with Crippen molar-refractivity contribution >= 4 is 47.5 Å². The molecular formula is C60H102N8O14. The van der Waals surface area contributed by atoms with Crippen LogP contribution in [0.3, 0.4) is 0 Å². The highest BCUT2D eigenvalue weighted by Gasteiger charge is 2.57. The molecule has 4 unspecified atom stereocenters. The van der Waals surface area contributed by atoms with Crippen LogP contribution in [0.5, 0.6) is 0 Å². The van der Waals surface area contributed by atoms with Crippen LogP contribution in [0, 0.1) is 40.4 Å². The van der Waals surface area contributed by atoms with Crippen LogP contribution in [0.1, 0.15) is 134 Å². The van der Waals surface area contributed by atoms with E-state index in [1.54, 1.807) is 18.9 Å². The molecule has 13 atom stereocenters. The van der Waals surface area contributed by atoms with E-state index in [1.807, 2.05) is 110 Å². The summed E-state index contributed by atoms with van der Waals surface area (Å²) >= 11 is 0. The molecule has 0 radical (unpaired) electrons. The second kappa shape index (κ2) is 33.2. The van der Waals surface area contributed by atoms with Crippen LogP contribution in [-0.2, 0) is 58.9 Å². The molecular weight excluding hydrogens is 1060 g/mol. The molecule has 0 aromatic heterocycles. The number of aliphatic hydroxyl groups excluding tert-OH is 2. The summed E-state index contributed by atoms with van der Waals surface area (Å²) in [4.78, 5) is 113. The molecule has 7 N–H and O–H groups in total. The van der Waals surface area contributed by atoms with Crippen molar-refractivity contribution in [3.63, 3.8) is 0 Å². The highest BCUT2D eigenvalue weighted by Crippen LogP contribution is 2.58. The Morgan fingerprint density at radius 2 is 1.50 bits per heavy atom. The number of carbonyl (C=O) groups is 8. The average molecular weight is 1160 g/mol. The van der Waals surface area contributed by atoms with E-state index < -0.39 is 91.0 Å². The van der Waals surface area contributed by atoms with Crippen molar-refractivity contribution in [2.24, 2.45) is 40.4 Å². The average Bonchev–Trinajstić information content (AvgIpc) is 3.74. The van der Waals surface area contributed by atoms with E-state index in [9.17, 15) is 48.6 Å². The summed E-state index contributed by atoms with van der Waals surface area (Å²) in [6, 6.07) is 5.30. The predicted molar refractivity (Wildman–Crippen MR) is 310 cm³/mol. The van der Waals surface area contributed by atoms with E-state index in [-0.39, 0.29) is 104 Å². The first-order valence-corrected chi connectivity index (χ1v) is 29.4. The standard InChI is InChI=1S/C60H102N8O14/c1-36(2)49(65-55(75)50(37(3)4)66(13)14)56(76)67(15)52(60(12)32-39(60)6)38(5)30-47(71)68-28-20-24-45(68)51(79-16)40(7)53(73)64-44(31-42-22-18-17-19-23-42)54(74)61-26-21-29-80-57(77)41(8)63-46(70)25-27-62-58(78)81-35-48(72)82-43(34-69)33-59(9,10)11/h17-19,22-23,36-41,43-45,48-52,69,72H,20-21,24-35H2,1-16H3,(H,61,74)(H,62,78)(H,63,70)(H,64,73)(H,65,75)/t38-,39?,40-,41+,43?,44+,45+,48?,49?,50+,51-,52-,60+/m1/s1. The maximum Gasteiger partial charge on any atom is 0.407 e. The van der Waals surface area contributed by atoms with Gasteiger partial charge < -0.3 is 65.5 Å². The number of nitrogens with one attached hydrogen (secondary N) is 5. The summed E-state index contributed by atoms with van der Waals surface area (Å²) in [5, 5.41) is 33.4. The minimum Gasteiger partial charge on any atom is -0.464 e. The number of hydrogen-bond donors (Lipinski definition) is 7. The molecule has 22 heteroatoms. The Kier molecular flexibility index (Phi) is 28.7. The van der Waals surface area contributed by atoms with E-state index in [1.165, 1.54) is 14.0 Å². The van der Waals surface area contributed by atoms with Gasteiger partial charge in [0.25, 0.3) is 0 Å². The van der Waals surface area contributed by atoms with Gasteiger partial charge >= 0.3 is 12.1 Å². The van der Waals surface area contributed by atoms with E-state index in [4.69, 9.17) is 18.9 Å². The Hall–Kier alpha value is -5.42. The van der Waals surface area contributed by atoms with E-state index in [2.05, 4.69) is 40.4 Å². The number of benzene rings is 1. The van der Waals surface area contributed by atoms with Gasteiger partial charge in [-0.1, -0.05) is 106 Å². The summed E-state index contributed by atoms with van der Waals surface area (Å²) < 4.78 is 21.7. The number of alkyl carbamates (subject to hydrolysis) is 1. The molecule has 1 aliphatic heterocycles. The Balaban J connectivity index is 1.57. The molecule has 2 aliphatic rings. The number of esters is 1. The predicted octanol–water partition coefficient (Wildman–Crippen LogP) is 3.78. The molecule has 2 fully saturated rings. The third-order valence-corrected chi connectivity index (χ3v) is 15.9. The van der Waals surface area contributed by atoms with Crippen LogP contribution in [-0.4, -0.2) is 195 Å². The summed E-state index contributed by atoms with van der Waals surface area (Å²) in [7, 11) is 7.01. The van der Waals surface area contributed by atoms with Crippen molar-refractivity contribution in [2.75, 3.05) is 67.7 Å².